The molecular formula is C13H12FN5. The molecule has 1 N–H and O–H groups in total. The van der Waals surface area contributed by atoms with Gasteiger partial charge in [-0.2, -0.15) is 0 Å². The normalized spacial score (nSPS) is 10.9. The SMILES string of the molecule is CNc1nc(C)nc2c1ncn2-c1ccc(F)cc1. The number of hydrogen-bond donors (Lipinski definition) is 1. The van der Waals surface area contributed by atoms with Crippen molar-refractivity contribution in [2.75, 3.05) is 12.4 Å². The maximum absolute atomic E-state index is 13.0. The summed E-state index contributed by atoms with van der Waals surface area (Å²) in [5.74, 6) is 1.07. The van der Waals surface area contributed by atoms with E-state index in [0.29, 0.717) is 22.8 Å². The Kier molecular flexibility index (Phi) is 2.63. The largest absolute Gasteiger partial charge is 0.371 e. The van der Waals surface area contributed by atoms with Gasteiger partial charge in [-0.1, -0.05) is 0 Å². The van der Waals surface area contributed by atoms with Crippen LogP contribution in [0.25, 0.3) is 16.9 Å². The first-order chi connectivity index (χ1) is 9.19. The molecule has 0 unspecified atom stereocenters. The highest BCUT2D eigenvalue weighted by atomic mass is 19.1. The Balaban J connectivity index is 2.25. The number of anilines is 1. The van der Waals surface area contributed by atoms with E-state index in [1.807, 2.05) is 11.5 Å². The molecule has 2 heterocycles. The third kappa shape index (κ3) is 1.91. The molecule has 1 aromatic carbocycles. The van der Waals surface area contributed by atoms with Crippen LogP contribution in [-0.4, -0.2) is 26.6 Å². The van der Waals surface area contributed by atoms with Crippen molar-refractivity contribution in [3.63, 3.8) is 0 Å². The second kappa shape index (κ2) is 4.31. The molecule has 0 saturated carbocycles. The van der Waals surface area contributed by atoms with E-state index in [0.717, 1.165) is 5.69 Å². The van der Waals surface area contributed by atoms with Crippen LogP contribution < -0.4 is 5.32 Å². The van der Waals surface area contributed by atoms with Crippen LogP contribution in [0, 0.1) is 12.7 Å². The fourth-order valence-corrected chi connectivity index (χ4v) is 1.97. The molecule has 3 aromatic rings. The molecule has 0 radical (unpaired) electrons. The van der Waals surface area contributed by atoms with Crippen molar-refractivity contribution in [3.8, 4) is 5.69 Å². The lowest BCUT2D eigenvalue weighted by Crippen LogP contribution is -2.00. The standard InChI is InChI=1S/C13H12FN5/c1-8-17-12(15-2)11-13(18-8)19(7-16-11)10-5-3-9(14)4-6-10/h3-7H,1-2H3,(H,15,17,18). The number of imidazole rings is 1. The predicted molar refractivity (Wildman–Crippen MR) is 70.9 cm³/mol. The summed E-state index contributed by atoms with van der Waals surface area (Å²) in [7, 11) is 1.79. The number of hydrogen-bond acceptors (Lipinski definition) is 4. The van der Waals surface area contributed by atoms with Crippen LogP contribution in [-0.2, 0) is 0 Å². The molecular weight excluding hydrogens is 245 g/mol. The lowest BCUT2D eigenvalue weighted by molar-refractivity contribution is 0.627. The summed E-state index contributed by atoms with van der Waals surface area (Å²) in [6.07, 6.45) is 1.66. The highest BCUT2D eigenvalue weighted by molar-refractivity contribution is 5.84. The number of benzene rings is 1. The summed E-state index contributed by atoms with van der Waals surface area (Å²) in [4.78, 5) is 13.0. The molecule has 0 fully saturated rings. The first-order valence-corrected chi connectivity index (χ1v) is 5.84. The van der Waals surface area contributed by atoms with E-state index in [2.05, 4.69) is 20.3 Å². The first kappa shape index (κ1) is 11.6. The molecule has 0 aliphatic heterocycles. The van der Waals surface area contributed by atoms with Crippen LogP contribution in [0.2, 0.25) is 0 Å². The van der Waals surface area contributed by atoms with Crippen LogP contribution in [0.1, 0.15) is 5.82 Å². The summed E-state index contributed by atoms with van der Waals surface area (Å²) in [6.45, 7) is 1.82. The van der Waals surface area contributed by atoms with Crippen molar-refractivity contribution in [1.29, 1.82) is 0 Å². The minimum absolute atomic E-state index is 0.269. The van der Waals surface area contributed by atoms with E-state index < -0.39 is 0 Å². The third-order valence-electron chi connectivity index (χ3n) is 2.85. The second-order valence-corrected chi connectivity index (χ2v) is 4.13. The summed E-state index contributed by atoms with van der Waals surface area (Å²) in [5, 5.41) is 3.00. The van der Waals surface area contributed by atoms with E-state index in [4.69, 9.17) is 0 Å². The van der Waals surface area contributed by atoms with Gasteiger partial charge in [0.15, 0.2) is 17.0 Å². The quantitative estimate of drug-likeness (QED) is 0.765. The maximum atomic E-state index is 13.0. The summed E-state index contributed by atoms with van der Waals surface area (Å²) >= 11 is 0. The van der Waals surface area contributed by atoms with Crippen molar-refractivity contribution in [1.82, 2.24) is 19.5 Å². The summed E-state index contributed by atoms with van der Waals surface area (Å²) in [6, 6.07) is 6.20. The molecule has 2 aromatic heterocycles. The smallest absolute Gasteiger partial charge is 0.170 e. The number of halogens is 1. The molecule has 0 aliphatic rings. The van der Waals surface area contributed by atoms with Gasteiger partial charge in [0.05, 0.1) is 0 Å². The topological polar surface area (TPSA) is 55.6 Å². The molecule has 3 rings (SSSR count). The van der Waals surface area contributed by atoms with Crippen molar-refractivity contribution in [2.45, 2.75) is 6.92 Å². The minimum Gasteiger partial charge on any atom is -0.371 e. The Morgan fingerprint density at radius 2 is 1.89 bits per heavy atom. The molecule has 0 atom stereocenters. The number of aromatic nitrogens is 4. The molecule has 19 heavy (non-hydrogen) atoms. The number of aryl methyl sites for hydroxylation is 1. The molecule has 0 spiro atoms. The van der Waals surface area contributed by atoms with Crippen molar-refractivity contribution in [2.24, 2.45) is 0 Å². The highest BCUT2D eigenvalue weighted by Crippen LogP contribution is 2.21. The van der Waals surface area contributed by atoms with Gasteiger partial charge in [0.1, 0.15) is 18.0 Å². The van der Waals surface area contributed by atoms with Crippen LogP contribution in [0.4, 0.5) is 10.2 Å². The van der Waals surface area contributed by atoms with E-state index in [1.54, 1.807) is 25.5 Å². The Bertz CT molecular complexity index is 733. The van der Waals surface area contributed by atoms with E-state index >= 15 is 0 Å². The molecule has 0 amide bonds. The van der Waals surface area contributed by atoms with Gasteiger partial charge in [-0.3, -0.25) is 4.57 Å². The van der Waals surface area contributed by atoms with Gasteiger partial charge in [-0.05, 0) is 31.2 Å². The zero-order valence-electron chi connectivity index (χ0n) is 10.6. The Hall–Kier alpha value is -2.50. The van der Waals surface area contributed by atoms with E-state index in [9.17, 15) is 4.39 Å². The third-order valence-corrected chi connectivity index (χ3v) is 2.85. The minimum atomic E-state index is -0.269. The van der Waals surface area contributed by atoms with Gasteiger partial charge >= 0.3 is 0 Å². The van der Waals surface area contributed by atoms with E-state index in [-0.39, 0.29) is 5.82 Å². The van der Waals surface area contributed by atoms with Gasteiger partial charge in [0.2, 0.25) is 0 Å². The molecule has 96 valence electrons. The lowest BCUT2D eigenvalue weighted by Gasteiger charge is -2.05. The van der Waals surface area contributed by atoms with Gasteiger partial charge in [0, 0.05) is 12.7 Å². The van der Waals surface area contributed by atoms with Gasteiger partial charge < -0.3 is 5.32 Å². The molecule has 0 bridgehead atoms. The lowest BCUT2D eigenvalue weighted by atomic mass is 10.3. The van der Waals surface area contributed by atoms with Crippen LogP contribution in [0.5, 0.6) is 0 Å². The molecule has 5 nitrogen and oxygen atoms in total. The maximum Gasteiger partial charge on any atom is 0.170 e. The number of nitrogens with zero attached hydrogens (tertiary/aromatic N) is 4. The molecule has 6 heteroatoms. The summed E-state index contributed by atoms with van der Waals surface area (Å²) in [5.41, 5.74) is 2.20. The Morgan fingerprint density at radius 3 is 2.58 bits per heavy atom. The zero-order valence-corrected chi connectivity index (χ0v) is 10.6. The highest BCUT2D eigenvalue weighted by Gasteiger charge is 2.11. The fourth-order valence-electron chi connectivity index (χ4n) is 1.97. The summed E-state index contributed by atoms with van der Waals surface area (Å²) < 4.78 is 14.8. The average Bonchev–Trinajstić information content (AvgIpc) is 2.82. The number of nitrogens with one attached hydrogen (secondary N) is 1. The first-order valence-electron chi connectivity index (χ1n) is 5.84. The van der Waals surface area contributed by atoms with Gasteiger partial charge in [0.25, 0.3) is 0 Å². The van der Waals surface area contributed by atoms with E-state index in [1.165, 1.54) is 12.1 Å². The monoisotopic (exact) mass is 257 g/mol. The fraction of sp³-hybridized carbons (Fsp3) is 0.154. The molecule has 0 saturated heterocycles. The van der Waals surface area contributed by atoms with Crippen molar-refractivity contribution >= 4 is 17.0 Å². The predicted octanol–water partition coefficient (Wildman–Crippen LogP) is 2.30. The molecule has 0 aliphatic carbocycles. The van der Waals surface area contributed by atoms with Crippen molar-refractivity contribution in [3.05, 3.63) is 42.2 Å². The van der Waals surface area contributed by atoms with Gasteiger partial charge in [-0.25, -0.2) is 19.3 Å². The zero-order chi connectivity index (χ0) is 13.4. The number of rotatable bonds is 2. The van der Waals surface area contributed by atoms with Crippen LogP contribution in [0.15, 0.2) is 30.6 Å². The van der Waals surface area contributed by atoms with Gasteiger partial charge in [-0.15, -0.1) is 0 Å². The Morgan fingerprint density at radius 1 is 1.16 bits per heavy atom. The average molecular weight is 257 g/mol. The number of fused-ring (bicyclic) bond motifs is 1. The Labute approximate surface area is 109 Å². The second-order valence-electron chi connectivity index (χ2n) is 4.13. The van der Waals surface area contributed by atoms with Crippen LogP contribution in [0.3, 0.4) is 0 Å². The van der Waals surface area contributed by atoms with Crippen molar-refractivity contribution < 1.29 is 4.39 Å². The van der Waals surface area contributed by atoms with Crippen LogP contribution >= 0.6 is 0 Å².